The van der Waals surface area contributed by atoms with Gasteiger partial charge in [-0.05, 0) is 6.07 Å². The lowest BCUT2D eigenvalue weighted by Crippen LogP contribution is -2.10. The summed E-state index contributed by atoms with van der Waals surface area (Å²) < 4.78 is 0. The van der Waals surface area contributed by atoms with Crippen LogP contribution < -0.4 is 10.6 Å². The van der Waals surface area contributed by atoms with Gasteiger partial charge in [0.05, 0.1) is 17.6 Å². The van der Waals surface area contributed by atoms with E-state index in [9.17, 15) is 0 Å². The van der Waals surface area contributed by atoms with Crippen LogP contribution in [-0.2, 0) is 0 Å². The molecule has 2 N–H and O–H groups in total. The van der Waals surface area contributed by atoms with E-state index in [1.165, 1.54) is 0 Å². The fourth-order valence-electron chi connectivity index (χ4n) is 0.807. The average Bonchev–Trinajstić information content (AvgIpc) is 1.88. The Kier molecular flexibility index (Phi) is 3.68. The molecule has 62 valence electrons. The standard InChI is InChI=1S/C7H11N3.ClH/c1-10(2)7-3-4-9-5-6(7)8;/h3-5H,8H2,1-2H3;1H. The van der Waals surface area contributed by atoms with Crippen molar-refractivity contribution in [1.29, 1.82) is 0 Å². The molecule has 0 bridgehead atoms. The van der Waals surface area contributed by atoms with Gasteiger partial charge in [0, 0.05) is 20.3 Å². The van der Waals surface area contributed by atoms with Crippen molar-refractivity contribution >= 4 is 23.8 Å². The summed E-state index contributed by atoms with van der Waals surface area (Å²) in [6.45, 7) is 0. The van der Waals surface area contributed by atoms with Crippen molar-refractivity contribution in [1.82, 2.24) is 4.98 Å². The number of hydrogen-bond acceptors (Lipinski definition) is 3. The van der Waals surface area contributed by atoms with Gasteiger partial charge in [0.2, 0.25) is 0 Å². The topological polar surface area (TPSA) is 42.2 Å². The molecule has 0 spiro atoms. The Bertz CT molecular complexity index is 225. The van der Waals surface area contributed by atoms with Gasteiger partial charge in [-0.25, -0.2) is 0 Å². The van der Waals surface area contributed by atoms with Crippen molar-refractivity contribution in [2.24, 2.45) is 0 Å². The fourth-order valence-corrected chi connectivity index (χ4v) is 0.807. The molecule has 0 aromatic carbocycles. The van der Waals surface area contributed by atoms with Gasteiger partial charge in [0.25, 0.3) is 0 Å². The number of halogens is 1. The number of rotatable bonds is 1. The fraction of sp³-hybridized carbons (Fsp3) is 0.286. The first-order valence-corrected chi connectivity index (χ1v) is 3.08. The van der Waals surface area contributed by atoms with E-state index in [1.54, 1.807) is 12.4 Å². The van der Waals surface area contributed by atoms with Gasteiger partial charge in [0.15, 0.2) is 0 Å². The summed E-state index contributed by atoms with van der Waals surface area (Å²) in [6.07, 6.45) is 3.38. The van der Waals surface area contributed by atoms with Crippen LogP contribution >= 0.6 is 12.4 Å². The van der Waals surface area contributed by atoms with Gasteiger partial charge in [-0.1, -0.05) is 0 Å². The molecular weight excluding hydrogens is 162 g/mol. The Morgan fingerprint density at radius 3 is 2.45 bits per heavy atom. The Morgan fingerprint density at radius 1 is 1.45 bits per heavy atom. The predicted molar refractivity (Wildman–Crippen MR) is 50.2 cm³/mol. The lowest BCUT2D eigenvalue weighted by molar-refractivity contribution is 1.12. The molecule has 11 heavy (non-hydrogen) atoms. The number of nitrogens with zero attached hydrogens (tertiary/aromatic N) is 2. The summed E-state index contributed by atoms with van der Waals surface area (Å²) in [7, 11) is 3.90. The molecule has 1 aromatic heterocycles. The maximum Gasteiger partial charge on any atom is 0.0738 e. The zero-order chi connectivity index (χ0) is 7.56. The number of pyridine rings is 1. The number of aromatic nitrogens is 1. The minimum atomic E-state index is 0. The molecule has 0 aliphatic heterocycles. The van der Waals surface area contributed by atoms with Crippen LogP contribution in [0.5, 0.6) is 0 Å². The molecule has 0 radical (unpaired) electrons. The Hall–Kier alpha value is -0.960. The summed E-state index contributed by atoms with van der Waals surface area (Å²) in [5.41, 5.74) is 7.34. The van der Waals surface area contributed by atoms with E-state index in [4.69, 9.17) is 5.73 Å². The molecule has 0 aliphatic carbocycles. The van der Waals surface area contributed by atoms with E-state index in [2.05, 4.69) is 4.98 Å². The van der Waals surface area contributed by atoms with E-state index in [0.717, 1.165) is 5.69 Å². The highest BCUT2D eigenvalue weighted by atomic mass is 35.5. The summed E-state index contributed by atoms with van der Waals surface area (Å²) in [4.78, 5) is 5.83. The smallest absolute Gasteiger partial charge is 0.0738 e. The van der Waals surface area contributed by atoms with E-state index in [-0.39, 0.29) is 12.4 Å². The van der Waals surface area contributed by atoms with Crippen molar-refractivity contribution in [3.8, 4) is 0 Å². The first-order valence-electron chi connectivity index (χ1n) is 3.08. The predicted octanol–water partition coefficient (Wildman–Crippen LogP) is 1.15. The number of anilines is 2. The first kappa shape index (κ1) is 10.0. The van der Waals surface area contributed by atoms with E-state index in [1.807, 2.05) is 25.1 Å². The largest absolute Gasteiger partial charge is 0.396 e. The minimum absolute atomic E-state index is 0. The third-order valence-corrected chi connectivity index (χ3v) is 1.31. The molecule has 0 aliphatic rings. The molecule has 0 saturated heterocycles. The number of nitrogen functional groups attached to an aromatic ring is 1. The van der Waals surface area contributed by atoms with Crippen molar-refractivity contribution in [2.45, 2.75) is 0 Å². The van der Waals surface area contributed by atoms with Gasteiger partial charge >= 0.3 is 0 Å². The Balaban J connectivity index is 0.000001000. The van der Waals surface area contributed by atoms with Crippen LogP contribution in [0.4, 0.5) is 11.4 Å². The molecule has 1 heterocycles. The van der Waals surface area contributed by atoms with Crippen molar-refractivity contribution in [2.75, 3.05) is 24.7 Å². The number of hydrogen-bond donors (Lipinski definition) is 1. The normalized spacial score (nSPS) is 8.55. The van der Waals surface area contributed by atoms with Gasteiger partial charge in [-0.15, -0.1) is 12.4 Å². The van der Waals surface area contributed by atoms with Gasteiger partial charge < -0.3 is 10.6 Å². The van der Waals surface area contributed by atoms with E-state index in [0.29, 0.717) is 5.69 Å². The third kappa shape index (κ3) is 2.27. The van der Waals surface area contributed by atoms with E-state index >= 15 is 0 Å². The van der Waals surface area contributed by atoms with Crippen LogP contribution in [0.3, 0.4) is 0 Å². The monoisotopic (exact) mass is 173 g/mol. The van der Waals surface area contributed by atoms with Crippen LogP contribution in [0.15, 0.2) is 18.5 Å². The molecular formula is C7H12ClN3. The SMILES string of the molecule is CN(C)c1ccncc1N.Cl. The van der Waals surface area contributed by atoms with Crippen LogP contribution in [0.1, 0.15) is 0 Å². The van der Waals surface area contributed by atoms with Crippen LogP contribution in [-0.4, -0.2) is 19.1 Å². The second kappa shape index (κ2) is 4.03. The average molecular weight is 174 g/mol. The summed E-state index contributed by atoms with van der Waals surface area (Å²) in [5, 5.41) is 0. The second-order valence-electron chi connectivity index (χ2n) is 2.33. The van der Waals surface area contributed by atoms with E-state index < -0.39 is 0 Å². The maximum atomic E-state index is 5.62. The van der Waals surface area contributed by atoms with Crippen LogP contribution in [0, 0.1) is 0 Å². The molecule has 1 aromatic rings. The van der Waals surface area contributed by atoms with Crippen LogP contribution in [0.2, 0.25) is 0 Å². The van der Waals surface area contributed by atoms with Gasteiger partial charge in [-0.3, -0.25) is 4.98 Å². The van der Waals surface area contributed by atoms with Crippen molar-refractivity contribution in [3.05, 3.63) is 18.5 Å². The summed E-state index contributed by atoms with van der Waals surface area (Å²) in [5.74, 6) is 0. The van der Waals surface area contributed by atoms with Crippen molar-refractivity contribution in [3.63, 3.8) is 0 Å². The zero-order valence-electron chi connectivity index (χ0n) is 6.61. The third-order valence-electron chi connectivity index (χ3n) is 1.31. The summed E-state index contributed by atoms with van der Waals surface area (Å²) >= 11 is 0. The molecule has 4 heteroatoms. The maximum absolute atomic E-state index is 5.62. The Morgan fingerprint density at radius 2 is 2.09 bits per heavy atom. The molecule has 3 nitrogen and oxygen atoms in total. The summed E-state index contributed by atoms with van der Waals surface area (Å²) in [6, 6.07) is 1.88. The second-order valence-corrected chi connectivity index (χ2v) is 2.33. The molecule has 0 atom stereocenters. The van der Waals surface area contributed by atoms with Gasteiger partial charge in [0.1, 0.15) is 0 Å². The highest BCUT2D eigenvalue weighted by Gasteiger charge is 1.97. The minimum Gasteiger partial charge on any atom is -0.396 e. The first-order chi connectivity index (χ1) is 4.72. The lowest BCUT2D eigenvalue weighted by atomic mass is 10.3. The quantitative estimate of drug-likeness (QED) is 0.693. The molecule has 0 amide bonds. The van der Waals surface area contributed by atoms with Crippen molar-refractivity contribution < 1.29 is 0 Å². The highest BCUT2D eigenvalue weighted by Crippen LogP contribution is 2.17. The highest BCUT2D eigenvalue weighted by molar-refractivity contribution is 5.85. The lowest BCUT2D eigenvalue weighted by Gasteiger charge is -2.13. The van der Waals surface area contributed by atoms with Gasteiger partial charge in [-0.2, -0.15) is 0 Å². The molecule has 0 fully saturated rings. The molecule has 0 unspecified atom stereocenters. The zero-order valence-corrected chi connectivity index (χ0v) is 7.43. The molecule has 1 rings (SSSR count). The van der Waals surface area contributed by atoms with Crippen LogP contribution in [0.25, 0.3) is 0 Å². The molecule has 0 saturated carbocycles. The number of nitrogens with two attached hydrogens (primary N) is 1. The Labute approximate surface area is 72.6 Å².